The lowest BCUT2D eigenvalue weighted by molar-refractivity contribution is -0.120. The Balaban J connectivity index is 1.76. The van der Waals surface area contributed by atoms with Crippen molar-refractivity contribution in [1.82, 2.24) is 10.7 Å². The van der Waals surface area contributed by atoms with Crippen molar-refractivity contribution in [3.8, 4) is 0 Å². The number of halogens is 1. The molecule has 0 spiro atoms. The number of nitrogens with one attached hydrogen (secondary N) is 2. The van der Waals surface area contributed by atoms with E-state index in [1.807, 2.05) is 12.1 Å². The Bertz CT molecular complexity index is 694. The Morgan fingerprint density at radius 2 is 1.96 bits per heavy atom. The molecule has 1 heterocycles. The molecule has 23 heavy (non-hydrogen) atoms. The molecule has 7 heteroatoms. The Morgan fingerprint density at radius 3 is 2.61 bits per heavy atom. The van der Waals surface area contributed by atoms with Crippen LogP contribution in [0.5, 0.6) is 0 Å². The van der Waals surface area contributed by atoms with E-state index in [9.17, 15) is 9.59 Å². The number of carbonyl (C=O) groups excluding carboxylic acids is 2. The maximum absolute atomic E-state index is 11.8. The minimum atomic E-state index is -0.462. The summed E-state index contributed by atoms with van der Waals surface area (Å²) < 4.78 is 4.93. The van der Waals surface area contributed by atoms with Crippen LogP contribution >= 0.6 is 11.6 Å². The van der Waals surface area contributed by atoms with Gasteiger partial charge in [0.25, 0.3) is 0 Å². The summed E-state index contributed by atoms with van der Waals surface area (Å²) in [6, 6.07) is 10.3. The number of benzene rings is 1. The van der Waals surface area contributed by atoms with Crippen LogP contribution in [0.25, 0.3) is 0 Å². The molecule has 2 rings (SSSR count). The molecule has 0 aliphatic heterocycles. The number of hydrazone groups is 1. The summed E-state index contributed by atoms with van der Waals surface area (Å²) in [5.74, 6) is -0.488. The first kappa shape index (κ1) is 16.8. The largest absolute Gasteiger partial charge is 0.459 e. The Hall–Kier alpha value is -2.60. The van der Waals surface area contributed by atoms with Crippen LogP contribution in [-0.2, 0) is 11.3 Å². The predicted octanol–water partition coefficient (Wildman–Crippen LogP) is 2.75. The van der Waals surface area contributed by atoms with Crippen molar-refractivity contribution >= 4 is 29.1 Å². The van der Waals surface area contributed by atoms with Crippen LogP contribution in [0.1, 0.15) is 29.5 Å². The number of carbonyl (C=O) groups is 2. The van der Waals surface area contributed by atoms with Crippen molar-refractivity contribution in [3.05, 3.63) is 59.0 Å². The summed E-state index contributed by atoms with van der Waals surface area (Å²) in [7, 11) is 0. The van der Waals surface area contributed by atoms with Crippen LogP contribution in [-0.4, -0.2) is 17.5 Å². The third-order valence-electron chi connectivity index (χ3n) is 2.91. The second-order valence-electron chi connectivity index (χ2n) is 4.85. The van der Waals surface area contributed by atoms with E-state index >= 15 is 0 Å². The summed E-state index contributed by atoms with van der Waals surface area (Å²) in [6.45, 7) is 2.06. The van der Waals surface area contributed by atoms with Gasteiger partial charge in [-0.05, 0) is 36.8 Å². The number of nitrogens with zero attached hydrogens (tertiary/aromatic N) is 1. The van der Waals surface area contributed by atoms with E-state index in [1.54, 1.807) is 25.1 Å². The molecule has 1 aromatic carbocycles. The predicted molar refractivity (Wildman–Crippen MR) is 87.2 cm³/mol. The highest BCUT2D eigenvalue weighted by Gasteiger charge is 2.08. The molecule has 2 amide bonds. The Labute approximate surface area is 138 Å². The number of hydrogen-bond acceptors (Lipinski definition) is 4. The van der Waals surface area contributed by atoms with Gasteiger partial charge in [-0.3, -0.25) is 9.59 Å². The SMILES string of the molecule is CC(CC(=O)NCc1ccc(Cl)cc1)=NNC(=O)c1ccco1. The molecule has 0 unspecified atom stereocenters. The van der Waals surface area contributed by atoms with Gasteiger partial charge in [-0.1, -0.05) is 23.7 Å². The average molecular weight is 334 g/mol. The van der Waals surface area contributed by atoms with E-state index in [2.05, 4.69) is 15.8 Å². The van der Waals surface area contributed by atoms with Crippen LogP contribution in [0.3, 0.4) is 0 Å². The van der Waals surface area contributed by atoms with Crippen molar-refractivity contribution in [2.24, 2.45) is 5.10 Å². The van der Waals surface area contributed by atoms with E-state index in [-0.39, 0.29) is 18.1 Å². The molecule has 2 aromatic rings. The molecule has 0 aliphatic carbocycles. The molecular formula is C16H16ClN3O3. The van der Waals surface area contributed by atoms with Crippen LogP contribution in [0.4, 0.5) is 0 Å². The monoisotopic (exact) mass is 333 g/mol. The zero-order valence-corrected chi connectivity index (χ0v) is 13.3. The van der Waals surface area contributed by atoms with Gasteiger partial charge in [0.1, 0.15) is 0 Å². The maximum atomic E-state index is 11.8. The minimum Gasteiger partial charge on any atom is -0.459 e. The quantitative estimate of drug-likeness (QED) is 0.629. The zero-order chi connectivity index (χ0) is 16.7. The van der Waals surface area contributed by atoms with E-state index in [0.29, 0.717) is 17.3 Å². The van der Waals surface area contributed by atoms with Gasteiger partial charge in [-0.2, -0.15) is 5.10 Å². The normalized spacial score (nSPS) is 11.1. The van der Waals surface area contributed by atoms with E-state index < -0.39 is 5.91 Å². The molecule has 6 nitrogen and oxygen atoms in total. The van der Waals surface area contributed by atoms with Crippen LogP contribution in [0.2, 0.25) is 5.02 Å². The topological polar surface area (TPSA) is 83.7 Å². The molecule has 0 saturated heterocycles. The zero-order valence-electron chi connectivity index (χ0n) is 12.5. The van der Waals surface area contributed by atoms with Gasteiger partial charge in [0, 0.05) is 17.3 Å². The van der Waals surface area contributed by atoms with Gasteiger partial charge in [0.05, 0.1) is 12.7 Å². The van der Waals surface area contributed by atoms with Crippen LogP contribution < -0.4 is 10.7 Å². The molecule has 0 fully saturated rings. The minimum absolute atomic E-state index is 0.0893. The summed E-state index contributed by atoms with van der Waals surface area (Å²) in [4.78, 5) is 23.4. The van der Waals surface area contributed by atoms with Crippen molar-refractivity contribution in [3.63, 3.8) is 0 Å². The molecule has 0 atom stereocenters. The third-order valence-corrected chi connectivity index (χ3v) is 3.16. The summed E-state index contributed by atoms with van der Waals surface area (Å²) in [5, 5.41) is 7.28. The van der Waals surface area contributed by atoms with Gasteiger partial charge in [0.2, 0.25) is 5.91 Å². The number of amides is 2. The lowest BCUT2D eigenvalue weighted by Gasteiger charge is -2.05. The van der Waals surface area contributed by atoms with Crippen molar-refractivity contribution in [1.29, 1.82) is 0 Å². The van der Waals surface area contributed by atoms with Gasteiger partial charge in [0.15, 0.2) is 5.76 Å². The lowest BCUT2D eigenvalue weighted by Crippen LogP contribution is -2.26. The number of hydrogen-bond donors (Lipinski definition) is 2. The molecular weight excluding hydrogens is 318 g/mol. The van der Waals surface area contributed by atoms with Crippen molar-refractivity contribution in [2.75, 3.05) is 0 Å². The van der Waals surface area contributed by atoms with Gasteiger partial charge in [-0.15, -0.1) is 0 Å². The first-order valence-electron chi connectivity index (χ1n) is 6.93. The molecule has 2 N–H and O–H groups in total. The molecule has 0 radical (unpaired) electrons. The fraction of sp³-hybridized carbons (Fsp3) is 0.188. The van der Waals surface area contributed by atoms with Gasteiger partial charge < -0.3 is 9.73 Å². The molecule has 0 saturated carbocycles. The molecule has 0 aliphatic rings. The first-order valence-corrected chi connectivity index (χ1v) is 7.30. The average Bonchev–Trinajstić information content (AvgIpc) is 3.06. The Kier molecular flexibility index (Phi) is 5.94. The Morgan fingerprint density at radius 1 is 1.22 bits per heavy atom. The van der Waals surface area contributed by atoms with Gasteiger partial charge in [-0.25, -0.2) is 5.43 Å². The highest BCUT2D eigenvalue weighted by Crippen LogP contribution is 2.09. The summed E-state index contributed by atoms with van der Waals surface area (Å²) in [5.41, 5.74) is 3.76. The van der Waals surface area contributed by atoms with E-state index in [4.69, 9.17) is 16.0 Å². The third kappa shape index (κ3) is 5.60. The van der Waals surface area contributed by atoms with Crippen molar-refractivity contribution in [2.45, 2.75) is 19.9 Å². The number of furan rings is 1. The molecule has 0 bridgehead atoms. The highest BCUT2D eigenvalue weighted by atomic mass is 35.5. The number of rotatable bonds is 6. The second kappa shape index (κ2) is 8.14. The molecule has 1 aromatic heterocycles. The van der Waals surface area contributed by atoms with Crippen LogP contribution in [0, 0.1) is 0 Å². The van der Waals surface area contributed by atoms with E-state index in [0.717, 1.165) is 5.56 Å². The smallest absolute Gasteiger partial charge is 0.307 e. The molecule has 120 valence electrons. The highest BCUT2D eigenvalue weighted by molar-refractivity contribution is 6.30. The fourth-order valence-corrected chi connectivity index (χ4v) is 1.87. The standard InChI is InChI=1S/C16H16ClN3O3/c1-11(19-20-16(22)14-3-2-8-23-14)9-15(21)18-10-12-4-6-13(17)7-5-12/h2-8H,9-10H2,1H3,(H,18,21)(H,20,22). The van der Waals surface area contributed by atoms with Crippen molar-refractivity contribution < 1.29 is 14.0 Å². The second-order valence-corrected chi connectivity index (χ2v) is 5.28. The lowest BCUT2D eigenvalue weighted by atomic mass is 10.2. The summed E-state index contributed by atoms with van der Waals surface area (Å²) >= 11 is 5.80. The van der Waals surface area contributed by atoms with Crippen LogP contribution in [0.15, 0.2) is 52.2 Å². The first-order chi connectivity index (χ1) is 11.0. The van der Waals surface area contributed by atoms with E-state index in [1.165, 1.54) is 12.3 Å². The summed E-state index contributed by atoms with van der Waals surface area (Å²) in [6.07, 6.45) is 1.49. The fourth-order valence-electron chi connectivity index (χ4n) is 1.75. The van der Waals surface area contributed by atoms with Gasteiger partial charge >= 0.3 is 5.91 Å². The maximum Gasteiger partial charge on any atom is 0.307 e.